The van der Waals surface area contributed by atoms with Crippen molar-refractivity contribution in [1.29, 1.82) is 0 Å². The van der Waals surface area contributed by atoms with Gasteiger partial charge in [-0.15, -0.1) is 0 Å². The van der Waals surface area contributed by atoms with Gasteiger partial charge in [-0.25, -0.2) is 13.1 Å². The van der Waals surface area contributed by atoms with Gasteiger partial charge in [0.25, 0.3) is 0 Å². The number of aromatic nitrogens is 2. The van der Waals surface area contributed by atoms with E-state index in [0.29, 0.717) is 0 Å². The standard InChI is InChI=1S/C23H23F3N4O3S/c24-23(25,26)20-8-4-5-9-21(20)34(32,33)29-12-10-18(11-13-29)22(31)27-14-17-15-28-30(16-17)19-6-2-1-3-7-19/h1-9,15-16,18H,10-14H2,(H,27,31). The molecule has 1 amide bonds. The number of carbonyl (C=O) groups is 1. The zero-order chi connectivity index (χ0) is 24.3. The molecular weight excluding hydrogens is 469 g/mol. The molecule has 1 N–H and O–H groups in total. The van der Waals surface area contributed by atoms with E-state index in [0.717, 1.165) is 33.8 Å². The number of nitrogens with zero attached hydrogens (tertiary/aromatic N) is 3. The molecule has 0 bridgehead atoms. The van der Waals surface area contributed by atoms with Crippen molar-refractivity contribution in [2.45, 2.75) is 30.5 Å². The molecule has 0 unspecified atom stereocenters. The summed E-state index contributed by atoms with van der Waals surface area (Å²) < 4.78 is 68.4. The Morgan fingerprint density at radius 3 is 2.35 bits per heavy atom. The first-order valence-corrected chi connectivity index (χ1v) is 12.1. The third kappa shape index (κ3) is 5.15. The van der Waals surface area contributed by atoms with Gasteiger partial charge in [-0.1, -0.05) is 30.3 Å². The molecule has 0 aliphatic carbocycles. The van der Waals surface area contributed by atoms with Crippen LogP contribution in [0.25, 0.3) is 5.69 Å². The SMILES string of the molecule is O=C(NCc1cnn(-c2ccccc2)c1)C1CCN(S(=O)(=O)c2ccccc2C(F)(F)F)CC1. The molecule has 1 aromatic heterocycles. The Morgan fingerprint density at radius 1 is 1.03 bits per heavy atom. The third-order valence-electron chi connectivity index (χ3n) is 5.76. The zero-order valence-corrected chi connectivity index (χ0v) is 18.9. The molecule has 1 saturated heterocycles. The summed E-state index contributed by atoms with van der Waals surface area (Å²) in [5.41, 5.74) is 0.507. The average molecular weight is 493 g/mol. The van der Waals surface area contributed by atoms with Gasteiger partial charge in [-0.3, -0.25) is 4.79 Å². The van der Waals surface area contributed by atoms with E-state index < -0.39 is 32.6 Å². The van der Waals surface area contributed by atoms with E-state index in [4.69, 9.17) is 0 Å². The van der Waals surface area contributed by atoms with Crippen LogP contribution in [-0.2, 0) is 27.5 Å². The minimum absolute atomic E-state index is 0.0292. The maximum atomic E-state index is 13.3. The van der Waals surface area contributed by atoms with Gasteiger partial charge in [0, 0.05) is 37.3 Å². The van der Waals surface area contributed by atoms with E-state index in [2.05, 4.69) is 10.4 Å². The Bertz CT molecular complexity index is 1250. The molecule has 0 spiro atoms. The number of nitrogens with one attached hydrogen (secondary N) is 1. The Labute approximate surface area is 195 Å². The van der Waals surface area contributed by atoms with Gasteiger partial charge in [0.1, 0.15) is 0 Å². The normalized spacial score (nSPS) is 15.9. The van der Waals surface area contributed by atoms with Crippen LogP contribution in [0.5, 0.6) is 0 Å². The molecule has 1 aliphatic heterocycles. The predicted octanol–water partition coefficient (Wildman–Crippen LogP) is 3.61. The molecular formula is C23H23F3N4O3S. The number of hydrogen-bond acceptors (Lipinski definition) is 4. The molecule has 0 saturated carbocycles. The second kappa shape index (κ2) is 9.59. The molecule has 0 atom stereocenters. The highest BCUT2D eigenvalue weighted by molar-refractivity contribution is 7.89. The smallest absolute Gasteiger partial charge is 0.352 e. The number of sulfonamides is 1. The lowest BCUT2D eigenvalue weighted by atomic mass is 9.97. The summed E-state index contributed by atoms with van der Waals surface area (Å²) in [7, 11) is -4.33. The summed E-state index contributed by atoms with van der Waals surface area (Å²) in [5.74, 6) is -0.645. The van der Waals surface area contributed by atoms with Crippen LogP contribution < -0.4 is 5.32 Å². The quantitative estimate of drug-likeness (QED) is 0.570. The Morgan fingerprint density at radius 2 is 1.68 bits per heavy atom. The number of piperidine rings is 1. The van der Waals surface area contributed by atoms with Crippen molar-refractivity contribution in [1.82, 2.24) is 19.4 Å². The van der Waals surface area contributed by atoms with Crippen molar-refractivity contribution in [2.75, 3.05) is 13.1 Å². The number of alkyl halides is 3. The number of rotatable bonds is 6. The number of carbonyl (C=O) groups excluding carboxylic acids is 1. The summed E-state index contributed by atoms with van der Waals surface area (Å²) >= 11 is 0. The Kier molecular flexibility index (Phi) is 6.76. The summed E-state index contributed by atoms with van der Waals surface area (Å²) in [5, 5.41) is 7.12. The van der Waals surface area contributed by atoms with Crippen molar-refractivity contribution in [3.05, 3.63) is 78.1 Å². The molecule has 7 nitrogen and oxygen atoms in total. The van der Waals surface area contributed by atoms with Crippen LogP contribution in [0.1, 0.15) is 24.0 Å². The molecule has 2 aromatic carbocycles. The molecule has 3 aromatic rings. The van der Waals surface area contributed by atoms with Gasteiger partial charge < -0.3 is 5.32 Å². The summed E-state index contributed by atoms with van der Waals surface area (Å²) in [6, 6.07) is 13.7. The molecule has 11 heteroatoms. The van der Waals surface area contributed by atoms with Crippen LogP contribution in [-0.4, -0.2) is 41.5 Å². The van der Waals surface area contributed by atoms with Crippen LogP contribution in [0.3, 0.4) is 0 Å². The molecule has 2 heterocycles. The van der Waals surface area contributed by atoms with Gasteiger partial charge in [0.05, 0.1) is 22.3 Å². The maximum absolute atomic E-state index is 13.3. The number of hydrogen-bond donors (Lipinski definition) is 1. The lowest BCUT2D eigenvalue weighted by Crippen LogP contribution is -2.43. The van der Waals surface area contributed by atoms with Crippen LogP contribution in [0.4, 0.5) is 13.2 Å². The monoisotopic (exact) mass is 492 g/mol. The topological polar surface area (TPSA) is 84.3 Å². The third-order valence-corrected chi connectivity index (χ3v) is 7.72. The number of amides is 1. The second-order valence-corrected chi connectivity index (χ2v) is 9.93. The lowest BCUT2D eigenvalue weighted by molar-refractivity contribution is -0.139. The van der Waals surface area contributed by atoms with Gasteiger partial charge in [-0.05, 0) is 37.1 Å². The van der Waals surface area contributed by atoms with E-state index in [-0.39, 0.29) is 38.4 Å². The minimum Gasteiger partial charge on any atom is -0.352 e. The lowest BCUT2D eigenvalue weighted by Gasteiger charge is -2.31. The van der Waals surface area contributed by atoms with Crippen molar-refractivity contribution in [3.63, 3.8) is 0 Å². The average Bonchev–Trinajstić information content (AvgIpc) is 3.32. The van der Waals surface area contributed by atoms with Crippen molar-refractivity contribution < 1.29 is 26.4 Å². The Balaban J connectivity index is 1.34. The molecule has 34 heavy (non-hydrogen) atoms. The fraction of sp³-hybridized carbons (Fsp3) is 0.304. The minimum atomic E-state index is -4.78. The summed E-state index contributed by atoms with van der Waals surface area (Å²) in [6.07, 6.45) is -0.870. The highest BCUT2D eigenvalue weighted by Crippen LogP contribution is 2.36. The molecule has 1 aliphatic rings. The highest BCUT2D eigenvalue weighted by atomic mass is 32.2. The van der Waals surface area contributed by atoms with Crippen LogP contribution >= 0.6 is 0 Å². The molecule has 0 radical (unpaired) electrons. The maximum Gasteiger partial charge on any atom is 0.417 e. The van der Waals surface area contributed by atoms with Crippen molar-refractivity contribution in [3.8, 4) is 5.69 Å². The molecule has 1 fully saturated rings. The molecule has 180 valence electrons. The largest absolute Gasteiger partial charge is 0.417 e. The van der Waals surface area contributed by atoms with E-state index in [1.54, 1.807) is 10.9 Å². The van der Waals surface area contributed by atoms with Crippen LogP contribution in [0, 0.1) is 5.92 Å². The van der Waals surface area contributed by atoms with E-state index in [1.807, 2.05) is 36.5 Å². The second-order valence-electron chi connectivity index (χ2n) is 8.02. The first-order valence-electron chi connectivity index (χ1n) is 10.7. The van der Waals surface area contributed by atoms with Crippen LogP contribution in [0.2, 0.25) is 0 Å². The number of benzene rings is 2. The van der Waals surface area contributed by atoms with Crippen molar-refractivity contribution >= 4 is 15.9 Å². The van der Waals surface area contributed by atoms with E-state index in [9.17, 15) is 26.4 Å². The fourth-order valence-electron chi connectivity index (χ4n) is 3.93. The summed E-state index contributed by atoms with van der Waals surface area (Å²) in [4.78, 5) is 11.8. The van der Waals surface area contributed by atoms with Gasteiger partial charge in [0.2, 0.25) is 15.9 Å². The van der Waals surface area contributed by atoms with E-state index >= 15 is 0 Å². The number of para-hydroxylation sites is 1. The first-order chi connectivity index (χ1) is 16.2. The van der Waals surface area contributed by atoms with Gasteiger partial charge >= 0.3 is 6.18 Å². The van der Waals surface area contributed by atoms with Gasteiger partial charge in [0.15, 0.2) is 0 Å². The zero-order valence-electron chi connectivity index (χ0n) is 18.1. The molecule has 4 rings (SSSR count). The summed E-state index contributed by atoms with van der Waals surface area (Å²) in [6.45, 7) is 0.209. The van der Waals surface area contributed by atoms with Crippen molar-refractivity contribution in [2.24, 2.45) is 5.92 Å². The first kappa shape index (κ1) is 24.0. The highest BCUT2D eigenvalue weighted by Gasteiger charge is 2.40. The van der Waals surface area contributed by atoms with E-state index in [1.165, 1.54) is 6.07 Å². The van der Waals surface area contributed by atoms with Gasteiger partial charge in [-0.2, -0.15) is 22.6 Å². The number of halogens is 3. The Hall–Kier alpha value is -3.18. The fourth-order valence-corrected chi connectivity index (χ4v) is 5.61. The predicted molar refractivity (Wildman–Crippen MR) is 118 cm³/mol. The van der Waals surface area contributed by atoms with Crippen LogP contribution in [0.15, 0.2) is 71.9 Å².